The number of hydrogen-bond donors (Lipinski definition) is 1. The minimum atomic E-state index is -4.16. The van der Waals surface area contributed by atoms with Crippen LogP contribution in [-0.4, -0.2) is 14.4 Å². The van der Waals surface area contributed by atoms with E-state index in [1.165, 1.54) is 30.7 Å². The average Bonchev–Trinajstić information content (AvgIpc) is 2.95. The maximum atomic E-state index is 13.0. The second-order valence-electron chi connectivity index (χ2n) is 5.12. The van der Waals surface area contributed by atoms with Gasteiger partial charge >= 0.3 is 6.03 Å². The second-order valence-corrected chi connectivity index (χ2v) is 7.75. The van der Waals surface area contributed by atoms with Crippen molar-refractivity contribution < 1.29 is 17.9 Å². The molecule has 1 aliphatic carbocycles. The molecule has 9 heteroatoms. The number of nitrogens with zero attached hydrogens (tertiary/aromatic N) is 1. The number of fused-ring (bicyclic) bond motifs is 1. The van der Waals surface area contributed by atoms with E-state index in [2.05, 4.69) is 0 Å². The first-order valence-corrected chi connectivity index (χ1v) is 9.06. The number of carbonyl (C=O) groups excluding carboxylic acids is 1. The molecule has 0 saturated carbocycles. The third-order valence-corrected chi connectivity index (χ3v) is 6.34. The SMILES string of the molecule is NC(=O)N(c1ccc(Cl)c(Cl)c1)S(=O)(=O)C1=C2C=COC=C2CC1. The topological polar surface area (TPSA) is 89.7 Å². The van der Waals surface area contributed by atoms with Crippen molar-refractivity contribution in [3.05, 3.63) is 62.9 Å². The van der Waals surface area contributed by atoms with Crippen molar-refractivity contribution in [2.45, 2.75) is 12.8 Å². The Bertz CT molecular complexity index is 919. The summed E-state index contributed by atoms with van der Waals surface area (Å²) in [5, 5.41) is 0.356. The normalized spacial score (nSPS) is 16.5. The van der Waals surface area contributed by atoms with E-state index in [0.29, 0.717) is 16.3 Å². The zero-order valence-electron chi connectivity index (χ0n) is 12.2. The number of rotatable bonds is 3. The van der Waals surface area contributed by atoms with Crippen LogP contribution in [0.25, 0.3) is 0 Å². The zero-order valence-corrected chi connectivity index (χ0v) is 14.5. The van der Waals surface area contributed by atoms with Crippen molar-refractivity contribution in [1.29, 1.82) is 0 Å². The van der Waals surface area contributed by atoms with Gasteiger partial charge in [0.15, 0.2) is 0 Å². The summed E-state index contributed by atoms with van der Waals surface area (Å²) in [5.74, 6) is 0. The molecular weight excluding hydrogens is 375 g/mol. The highest BCUT2D eigenvalue weighted by molar-refractivity contribution is 7.97. The van der Waals surface area contributed by atoms with Gasteiger partial charge in [0.05, 0.1) is 33.2 Å². The lowest BCUT2D eigenvalue weighted by molar-refractivity contribution is 0.257. The number of urea groups is 1. The highest BCUT2D eigenvalue weighted by Gasteiger charge is 2.37. The summed E-state index contributed by atoms with van der Waals surface area (Å²) in [6.45, 7) is 0. The molecule has 0 bridgehead atoms. The minimum absolute atomic E-state index is 0.0264. The maximum Gasteiger partial charge on any atom is 0.333 e. The van der Waals surface area contributed by atoms with E-state index < -0.39 is 16.1 Å². The number of primary amides is 1. The lowest BCUT2D eigenvalue weighted by Gasteiger charge is -2.22. The number of benzene rings is 1. The Morgan fingerprint density at radius 3 is 2.62 bits per heavy atom. The Morgan fingerprint density at radius 2 is 1.96 bits per heavy atom. The van der Waals surface area contributed by atoms with E-state index in [4.69, 9.17) is 33.7 Å². The van der Waals surface area contributed by atoms with E-state index in [-0.39, 0.29) is 27.1 Å². The molecule has 0 radical (unpaired) electrons. The molecule has 0 atom stereocenters. The number of carbonyl (C=O) groups is 1. The van der Waals surface area contributed by atoms with Crippen LogP contribution >= 0.6 is 23.2 Å². The van der Waals surface area contributed by atoms with Gasteiger partial charge < -0.3 is 10.5 Å². The van der Waals surface area contributed by atoms with Gasteiger partial charge in [0.25, 0.3) is 10.0 Å². The molecule has 1 aromatic carbocycles. The molecule has 0 unspecified atom stereocenters. The third-order valence-electron chi connectivity index (χ3n) is 3.68. The molecule has 0 spiro atoms. The predicted octanol–water partition coefficient (Wildman–Crippen LogP) is 3.68. The quantitative estimate of drug-likeness (QED) is 0.857. The molecule has 0 fully saturated rings. The number of nitrogens with two attached hydrogens (primary N) is 1. The molecule has 126 valence electrons. The van der Waals surface area contributed by atoms with Crippen LogP contribution in [0.3, 0.4) is 0 Å². The molecule has 1 aromatic rings. The molecule has 3 rings (SSSR count). The number of ether oxygens (including phenoxy) is 1. The summed E-state index contributed by atoms with van der Waals surface area (Å²) >= 11 is 11.8. The Morgan fingerprint density at radius 1 is 1.21 bits per heavy atom. The smallest absolute Gasteiger partial charge is 0.333 e. The number of allylic oxidation sites excluding steroid dienone is 4. The number of sulfonamides is 1. The van der Waals surface area contributed by atoms with Crippen LogP contribution in [0.2, 0.25) is 10.0 Å². The molecule has 2 aliphatic rings. The third kappa shape index (κ3) is 2.79. The number of hydrogen-bond acceptors (Lipinski definition) is 4. The first-order valence-electron chi connectivity index (χ1n) is 6.87. The summed E-state index contributed by atoms with van der Waals surface area (Å²) in [6, 6.07) is 2.92. The molecule has 24 heavy (non-hydrogen) atoms. The molecule has 1 aliphatic heterocycles. The summed E-state index contributed by atoms with van der Waals surface area (Å²) < 4.78 is 31.6. The highest BCUT2D eigenvalue weighted by atomic mass is 35.5. The van der Waals surface area contributed by atoms with Gasteiger partial charge in [-0.05, 0) is 42.7 Å². The first kappa shape index (κ1) is 16.9. The van der Waals surface area contributed by atoms with E-state index in [0.717, 1.165) is 5.57 Å². The van der Waals surface area contributed by atoms with Crippen LogP contribution in [-0.2, 0) is 14.8 Å². The van der Waals surface area contributed by atoms with Crippen molar-refractivity contribution in [1.82, 2.24) is 0 Å². The molecule has 1 heterocycles. The molecule has 6 nitrogen and oxygen atoms in total. The highest BCUT2D eigenvalue weighted by Crippen LogP contribution is 2.40. The fourth-order valence-corrected chi connectivity index (χ4v) is 4.60. The van der Waals surface area contributed by atoms with Crippen LogP contribution in [0.4, 0.5) is 10.5 Å². The summed E-state index contributed by atoms with van der Waals surface area (Å²) in [4.78, 5) is 12.0. The molecule has 0 saturated heterocycles. The van der Waals surface area contributed by atoms with Crippen molar-refractivity contribution >= 4 is 44.9 Å². The van der Waals surface area contributed by atoms with Gasteiger partial charge in [-0.1, -0.05) is 23.2 Å². The number of halogens is 2. The van der Waals surface area contributed by atoms with Gasteiger partial charge in [-0.2, -0.15) is 4.31 Å². The van der Waals surface area contributed by atoms with E-state index in [9.17, 15) is 13.2 Å². The van der Waals surface area contributed by atoms with E-state index >= 15 is 0 Å². The standard InChI is InChI=1S/C15H12Cl2N2O4S/c16-12-3-2-10(7-13(12)17)19(15(18)20)24(21,22)14-4-1-9-8-23-6-5-11(9)14/h2-3,5-8H,1,4H2,(H2,18,20). The maximum absolute atomic E-state index is 13.0. The van der Waals surface area contributed by atoms with Crippen LogP contribution in [0.5, 0.6) is 0 Å². The molecule has 2 amide bonds. The Labute approximate surface area is 148 Å². The molecule has 2 N–H and O–H groups in total. The van der Waals surface area contributed by atoms with Crippen LogP contribution in [0.15, 0.2) is 52.9 Å². The van der Waals surface area contributed by atoms with Gasteiger partial charge in [0.2, 0.25) is 0 Å². The zero-order chi connectivity index (χ0) is 17.5. The van der Waals surface area contributed by atoms with Crippen LogP contribution in [0.1, 0.15) is 12.8 Å². The largest absolute Gasteiger partial charge is 0.472 e. The van der Waals surface area contributed by atoms with Crippen molar-refractivity contribution in [3.63, 3.8) is 0 Å². The van der Waals surface area contributed by atoms with Crippen molar-refractivity contribution in [3.8, 4) is 0 Å². The Kier molecular flexibility index (Phi) is 4.33. The van der Waals surface area contributed by atoms with Crippen molar-refractivity contribution in [2.75, 3.05) is 4.31 Å². The summed E-state index contributed by atoms with van der Waals surface area (Å²) in [7, 11) is -4.16. The van der Waals surface area contributed by atoms with Gasteiger partial charge in [-0.3, -0.25) is 0 Å². The van der Waals surface area contributed by atoms with Gasteiger partial charge in [-0.15, -0.1) is 0 Å². The van der Waals surface area contributed by atoms with E-state index in [1.54, 1.807) is 6.08 Å². The Balaban J connectivity index is 2.13. The fraction of sp³-hybridized carbons (Fsp3) is 0.133. The minimum Gasteiger partial charge on any atom is -0.472 e. The van der Waals surface area contributed by atoms with E-state index in [1.807, 2.05) is 0 Å². The van der Waals surface area contributed by atoms with Crippen molar-refractivity contribution in [2.24, 2.45) is 5.73 Å². The van der Waals surface area contributed by atoms with Gasteiger partial charge in [-0.25, -0.2) is 13.2 Å². The average molecular weight is 387 g/mol. The lowest BCUT2D eigenvalue weighted by atomic mass is 10.1. The first-order chi connectivity index (χ1) is 11.3. The monoisotopic (exact) mass is 386 g/mol. The fourth-order valence-electron chi connectivity index (χ4n) is 2.62. The lowest BCUT2D eigenvalue weighted by Crippen LogP contribution is -2.41. The number of amides is 2. The van der Waals surface area contributed by atoms with Gasteiger partial charge in [0.1, 0.15) is 0 Å². The molecular formula is C15H12Cl2N2O4S. The van der Waals surface area contributed by atoms with Crippen LogP contribution < -0.4 is 10.0 Å². The van der Waals surface area contributed by atoms with Gasteiger partial charge in [0, 0.05) is 5.57 Å². The molecule has 0 aromatic heterocycles. The van der Waals surface area contributed by atoms with Crippen LogP contribution in [0, 0.1) is 0 Å². The summed E-state index contributed by atoms with van der Waals surface area (Å²) in [6.07, 6.45) is 5.19. The predicted molar refractivity (Wildman–Crippen MR) is 92.0 cm³/mol. The number of anilines is 1. The second kappa shape index (κ2) is 6.16. The Hall–Kier alpha value is -1.96. The summed E-state index contributed by atoms with van der Waals surface area (Å²) in [5.41, 5.74) is 6.64.